The van der Waals surface area contributed by atoms with Crippen LogP contribution in [0.5, 0.6) is 0 Å². The molecule has 0 atom stereocenters. The summed E-state index contributed by atoms with van der Waals surface area (Å²) >= 11 is 0. The molecule has 1 saturated carbocycles. The highest BCUT2D eigenvalue weighted by Crippen LogP contribution is 2.40. The first-order chi connectivity index (χ1) is 4.17. The Balaban J connectivity index is 2.38. The maximum absolute atomic E-state index is 9.93. The summed E-state index contributed by atoms with van der Waals surface area (Å²) in [4.78, 5) is 9.93. The van der Waals surface area contributed by atoms with Crippen LogP contribution in [0.3, 0.4) is 0 Å². The smallest absolute Gasteiger partial charge is 0.293 e. The number of ether oxygens (including phenoxy) is 1. The van der Waals surface area contributed by atoms with Gasteiger partial charge in [-0.1, -0.05) is 0 Å². The average molecular weight is 128 g/mol. The number of carbonyl (C=O) groups excluding carboxylic acids is 1. The lowest BCUT2D eigenvalue weighted by molar-refractivity contribution is -0.142. The number of rotatable bonds is 3. The first-order valence-electron chi connectivity index (χ1n) is 3.28. The Bertz CT molecular complexity index is 114. The Hall–Kier alpha value is -0.530. The predicted molar refractivity (Wildman–Crippen MR) is 34.0 cm³/mol. The van der Waals surface area contributed by atoms with E-state index in [-0.39, 0.29) is 5.60 Å². The second-order valence-corrected chi connectivity index (χ2v) is 3.09. The fourth-order valence-corrected chi connectivity index (χ4v) is 0.999. The molecule has 9 heavy (non-hydrogen) atoms. The Labute approximate surface area is 55.2 Å². The zero-order valence-electron chi connectivity index (χ0n) is 5.89. The summed E-state index contributed by atoms with van der Waals surface area (Å²) in [5.41, 5.74) is -0.207. The Morgan fingerprint density at radius 3 is 2.44 bits per heavy atom. The van der Waals surface area contributed by atoms with Crippen molar-refractivity contribution in [2.24, 2.45) is 5.92 Å². The molecule has 2 nitrogen and oxygen atoms in total. The van der Waals surface area contributed by atoms with E-state index < -0.39 is 0 Å². The molecule has 0 aliphatic heterocycles. The predicted octanol–water partition coefficient (Wildman–Crippen LogP) is 1.35. The zero-order valence-corrected chi connectivity index (χ0v) is 5.89. The van der Waals surface area contributed by atoms with Gasteiger partial charge in [-0.2, -0.15) is 0 Å². The molecule has 0 saturated heterocycles. The van der Waals surface area contributed by atoms with Crippen molar-refractivity contribution in [3.8, 4) is 0 Å². The monoisotopic (exact) mass is 128 g/mol. The molecule has 0 aromatic carbocycles. The van der Waals surface area contributed by atoms with Crippen molar-refractivity contribution in [3.05, 3.63) is 0 Å². The Morgan fingerprint density at radius 2 is 2.11 bits per heavy atom. The summed E-state index contributed by atoms with van der Waals surface area (Å²) in [5.74, 6) is 0.614. The van der Waals surface area contributed by atoms with E-state index >= 15 is 0 Å². The van der Waals surface area contributed by atoms with Crippen molar-refractivity contribution in [3.63, 3.8) is 0 Å². The van der Waals surface area contributed by atoms with Gasteiger partial charge in [-0.3, -0.25) is 4.79 Å². The van der Waals surface area contributed by atoms with E-state index in [1.807, 2.05) is 13.8 Å². The summed E-state index contributed by atoms with van der Waals surface area (Å²) in [7, 11) is 0. The number of hydrogen-bond acceptors (Lipinski definition) is 2. The van der Waals surface area contributed by atoms with Crippen molar-refractivity contribution in [1.29, 1.82) is 0 Å². The summed E-state index contributed by atoms with van der Waals surface area (Å²) in [5, 5.41) is 0. The fraction of sp³-hybridized carbons (Fsp3) is 0.857. The maximum atomic E-state index is 9.93. The molecule has 0 spiro atoms. The molecular weight excluding hydrogens is 116 g/mol. The van der Waals surface area contributed by atoms with E-state index in [1.54, 1.807) is 0 Å². The van der Waals surface area contributed by atoms with Crippen LogP contribution in [-0.4, -0.2) is 12.1 Å². The molecule has 2 heteroatoms. The van der Waals surface area contributed by atoms with Crippen molar-refractivity contribution < 1.29 is 9.53 Å². The third-order valence-corrected chi connectivity index (χ3v) is 1.91. The molecule has 1 rings (SSSR count). The second kappa shape index (κ2) is 2.01. The third-order valence-electron chi connectivity index (χ3n) is 1.91. The van der Waals surface area contributed by atoms with E-state index in [0.717, 1.165) is 0 Å². The van der Waals surface area contributed by atoms with E-state index in [1.165, 1.54) is 12.8 Å². The molecule has 0 heterocycles. The highest BCUT2D eigenvalue weighted by atomic mass is 16.5. The lowest BCUT2D eigenvalue weighted by Gasteiger charge is -2.21. The van der Waals surface area contributed by atoms with Crippen molar-refractivity contribution in [1.82, 2.24) is 0 Å². The van der Waals surface area contributed by atoms with Gasteiger partial charge in [-0.15, -0.1) is 0 Å². The lowest BCUT2D eigenvalue weighted by Crippen LogP contribution is -2.26. The first kappa shape index (κ1) is 6.59. The summed E-state index contributed by atoms with van der Waals surface area (Å²) < 4.78 is 4.87. The minimum Gasteiger partial charge on any atom is -0.462 e. The van der Waals surface area contributed by atoms with Crippen LogP contribution in [0.15, 0.2) is 0 Å². The van der Waals surface area contributed by atoms with E-state index in [9.17, 15) is 4.79 Å². The minimum absolute atomic E-state index is 0.207. The van der Waals surface area contributed by atoms with Crippen LogP contribution < -0.4 is 0 Å². The number of carbonyl (C=O) groups is 1. The summed E-state index contributed by atoms with van der Waals surface area (Å²) in [6.07, 6.45) is 2.42. The van der Waals surface area contributed by atoms with Crippen LogP contribution in [0.2, 0.25) is 0 Å². The van der Waals surface area contributed by atoms with Gasteiger partial charge in [0, 0.05) is 0 Å². The SMILES string of the molecule is CC(C)(OC=O)C1CC1. The zero-order chi connectivity index (χ0) is 6.91. The van der Waals surface area contributed by atoms with Crippen LogP contribution in [0, 0.1) is 5.92 Å². The minimum atomic E-state index is -0.207. The van der Waals surface area contributed by atoms with E-state index in [0.29, 0.717) is 12.4 Å². The molecule has 0 amide bonds. The van der Waals surface area contributed by atoms with E-state index in [2.05, 4.69) is 0 Å². The van der Waals surface area contributed by atoms with Crippen LogP contribution in [0.25, 0.3) is 0 Å². The van der Waals surface area contributed by atoms with Gasteiger partial charge in [0.05, 0.1) is 0 Å². The standard InChI is InChI=1S/C7H12O2/c1-7(2,9-5-8)6-3-4-6/h5-6H,3-4H2,1-2H3. The summed E-state index contributed by atoms with van der Waals surface area (Å²) in [6, 6.07) is 0. The molecule has 52 valence electrons. The molecule has 0 unspecified atom stereocenters. The number of hydrogen-bond donors (Lipinski definition) is 0. The molecule has 0 aromatic rings. The largest absolute Gasteiger partial charge is 0.462 e. The van der Waals surface area contributed by atoms with Crippen molar-refractivity contribution >= 4 is 6.47 Å². The van der Waals surface area contributed by atoms with Gasteiger partial charge >= 0.3 is 0 Å². The molecule has 0 bridgehead atoms. The normalized spacial score (nSPS) is 19.3. The molecule has 1 aliphatic carbocycles. The lowest BCUT2D eigenvalue weighted by atomic mass is 10.0. The Kier molecular flexibility index (Phi) is 1.47. The van der Waals surface area contributed by atoms with Gasteiger partial charge < -0.3 is 4.74 Å². The van der Waals surface area contributed by atoms with Gasteiger partial charge in [0.25, 0.3) is 6.47 Å². The first-order valence-corrected chi connectivity index (χ1v) is 3.28. The molecule has 0 aromatic heterocycles. The fourth-order valence-electron chi connectivity index (χ4n) is 0.999. The van der Waals surface area contributed by atoms with Gasteiger partial charge in [0.15, 0.2) is 0 Å². The highest BCUT2D eigenvalue weighted by Gasteiger charge is 2.39. The maximum Gasteiger partial charge on any atom is 0.293 e. The molecule has 0 radical (unpaired) electrons. The quantitative estimate of drug-likeness (QED) is 0.536. The summed E-state index contributed by atoms with van der Waals surface area (Å²) in [6.45, 7) is 4.45. The second-order valence-electron chi connectivity index (χ2n) is 3.09. The Morgan fingerprint density at radius 1 is 1.56 bits per heavy atom. The van der Waals surface area contributed by atoms with Crippen LogP contribution in [0.4, 0.5) is 0 Å². The molecule has 1 fully saturated rings. The van der Waals surface area contributed by atoms with Crippen molar-refractivity contribution in [2.45, 2.75) is 32.3 Å². The molecule has 1 aliphatic rings. The topological polar surface area (TPSA) is 26.3 Å². The van der Waals surface area contributed by atoms with Crippen LogP contribution >= 0.6 is 0 Å². The van der Waals surface area contributed by atoms with Crippen LogP contribution in [-0.2, 0) is 9.53 Å². The van der Waals surface area contributed by atoms with Crippen molar-refractivity contribution in [2.75, 3.05) is 0 Å². The van der Waals surface area contributed by atoms with Gasteiger partial charge in [0.1, 0.15) is 5.60 Å². The molecule has 0 N–H and O–H groups in total. The highest BCUT2D eigenvalue weighted by molar-refractivity contribution is 5.38. The van der Waals surface area contributed by atoms with Gasteiger partial charge in [0.2, 0.25) is 0 Å². The molecular formula is C7H12O2. The average Bonchev–Trinajstić information content (AvgIpc) is 2.41. The van der Waals surface area contributed by atoms with E-state index in [4.69, 9.17) is 4.74 Å². The van der Waals surface area contributed by atoms with Crippen LogP contribution in [0.1, 0.15) is 26.7 Å². The third kappa shape index (κ3) is 1.44. The van der Waals surface area contributed by atoms with Gasteiger partial charge in [-0.25, -0.2) is 0 Å². The van der Waals surface area contributed by atoms with Gasteiger partial charge in [-0.05, 0) is 32.6 Å².